The van der Waals surface area contributed by atoms with Gasteiger partial charge in [0, 0.05) is 31.2 Å². The molecule has 0 radical (unpaired) electrons. The van der Waals surface area contributed by atoms with E-state index >= 15 is 0 Å². The van der Waals surface area contributed by atoms with Crippen LogP contribution in [-0.4, -0.2) is 50.8 Å². The number of fused-ring (bicyclic) bond motifs is 1. The maximum atomic E-state index is 13.7. The van der Waals surface area contributed by atoms with E-state index in [1.165, 1.54) is 10.4 Å². The Morgan fingerprint density at radius 1 is 1.03 bits per heavy atom. The maximum Gasteiger partial charge on any atom is 0.256 e. The van der Waals surface area contributed by atoms with Gasteiger partial charge in [0.2, 0.25) is 5.91 Å². The zero-order valence-corrected chi connectivity index (χ0v) is 19.9. The summed E-state index contributed by atoms with van der Waals surface area (Å²) in [5.74, 6) is 0.290. The molecule has 0 N–H and O–H groups in total. The lowest BCUT2D eigenvalue weighted by Crippen LogP contribution is -2.47. The third-order valence-corrected chi connectivity index (χ3v) is 7.13. The Hall–Kier alpha value is -3.48. The molecule has 3 aromatic rings. The van der Waals surface area contributed by atoms with Gasteiger partial charge in [-0.3, -0.25) is 9.59 Å². The van der Waals surface area contributed by atoms with Gasteiger partial charge < -0.3 is 9.80 Å². The second-order valence-electron chi connectivity index (χ2n) is 9.57. The van der Waals surface area contributed by atoms with Gasteiger partial charge in [-0.15, -0.1) is 0 Å². The van der Waals surface area contributed by atoms with Crippen molar-refractivity contribution >= 4 is 17.5 Å². The molecule has 7 nitrogen and oxygen atoms in total. The van der Waals surface area contributed by atoms with Gasteiger partial charge in [-0.25, -0.2) is 0 Å². The predicted molar refractivity (Wildman–Crippen MR) is 131 cm³/mol. The van der Waals surface area contributed by atoms with Crippen molar-refractivity contribution in [2.24, 2.45) is 5.92 Å². The lowest BCUT2D eigenvalue weighted by molar-refractivity contribution is -0.120. The van der Waals surface area contributed by atoms with Crippen molar-refractivity contribution in [3.63, 3.8) is 0 Å². The van der Waals surface area contributed by atoms with E-state index in [-0.39, 0.29) is 23.8 Å². The molecule has 176 valence electrons. The molecule has 7 heteroatoms. The number of amides is 2. The van der Waals surface area contributed by atoms with Crippen molar-refractivity contribution in [1.29, 1.82) is 0 Å². The molecule has 0 saturated carbocycles. The highest BCUT2D eigenvalue weighted by atomic mass is 16.2. The van der Waals surface area contributed by atoms with Crippen molar-refractivity contribution in [2.75, 3.05) is 18.0 Å². The van der Waals surface area contributed by atoms with Gasteiger partial charge in [0.1, 0.15) is 0 Å². The SMILES string of the molecule is Cc1ccc(-n2nccn2)c(C(=O)N2C[C@H](CC(=O)N3CCCc4ccccc43)CC[C@@H]2C)c1. The second-order valence-corrected chi connectivity index (χ2v) is 9.57. The number of carbonyl (C=O) groups is 2. The molecule has 1 aromatic heterocycles. The van der Waals surface area contributed by atoms with Gasteiger partial charge in [0.05, 0.1) is 23.6 Å². The van der Waals surface area contributed by atoms with Gasteiger partial charge >= 0.3 is 0 Å². The Labute approximate surface area is 200 Å². The molecule has 2 aliphatic heterocycles. The molecule has 34 heavy (non-hydrogen) atoms. The molecule has 2 atom stereocenters. The molecule has 0 bridgehead atoms. The fourth-order valence-electron chi connectivity index (χ4n) is 5.27. The summed E-state index contributed by atoms with van der Waals surface area (Å²) in [5.41, 5.74) is 4.58. The van der Waals surface area contributed by atoms with Crippen LogP contribution in [-0.2, 0) is 11.2 Å². The summed E-state index contributed by atoms with van der Waals surface area (Å²) in [7, 11) is 0. The smallest absolute Gasteiger partial charge is 0.256 e. The number of benzene rings is 2. The zero-order chi connectivity index (χ0) is 23.7. The number of hydrogen-bond donors (Lipinski definition) is 0. The van der Waals surface area contributed by atoms with Gasteiger partial charge in [-0.2, -0.15) is 15.0 Å². The van der Waals surface area contributed by atoms with E-state index in [1.807, 2.05) is 53.1 Å². The van der Waals surface area contributed by atoms with Crippen LogP contribution in [0.25, 0.3) is 5.69 Å². The number of aryl methyl sites for hydroxylation is 2. The van der Waals surface area contributed by atoms with Gasteiger partial charge in [0.25, 0.3) is 5.91 Å². The first-order valence-electron chi connectivity index (χ1n) is 12.2. The fourth-order valence-corrected chi connectivity index (χ4v) is 5.27. The average Bonchev–Trinajstić information content (AvgIpc) is 3.39. The minimum atomic E-state index is -0.0241. The number of para-hydroxylation sites is 1. The first-order valence-corrected chi connectivity index (χ1v) is 12.2. The zero-order valence-electron chi connectivity index (χ0n) is 19.9. The maximum absolute atomic E-state index is 13.7. The van der Waals surface area contributed by atoms with Crippen LogP contribution in [0.5, 0.6) is 0 Å². The third kappa shape index (κ3) is 4.34. The van der Waals surface area contributed by atoms with Crippen LogP contribution in [0.1, 0.15) is 54.1 Å². The molecule has 0 aliphatic carbocycles. The molecule has 3 heterocycles. The minimum Gasteiger partial charge on any atom is -0.336 e. The van der Waals surface area contributed by atoms with Crippen LogP contribution in [0.4, 0.5) is 5.69 Å². The Balaban J connectivity index is 1.34. The van der Waals surface area contributed by atoms with E-state index in [1.54, 1.807) is 12.4 Å². The van der Waals surface area contributed by atoms with Crippen LogP contribution in [0.2, 0.25) is 0 Å². The number of nitrogens with zero attached hydrogens (tertiary/aromatic N) is 5. The Morgan fingerprint density at radius 3 is 2.65 bits per heavy atom. The Morgan fingerprint density at radius 2 is 1.82 bits per heavy atom. The lowest BCUT2D eigenvalue weighted by atomic mass is 9.89. The fraction of sp³-hybridized carbons (Fsp3) is 0.407. The van der Waals surface area contributed by atoms with E-state index in [9.17, 15) is 9.59 Å². The Kier molecular flexibility index (Phi) is 6.18. The quantitative estimate of drug-likeness (QED) is 0.589. The van der Waals surface area contributed by atoms with Gasteiger partial charge in [-0.05, 0) is 69.2 Å². The summed E-state index contributed by atoms with van der Waals surface area (Å²) >= 11 is 0. The number of likely N-dealkylation sites (tertiary alicyclic amines) is 1. The van der Waals surface area contributed by atoms with Crippen LogP contribution >= 0.6 is 0 Å². The molecule has 1 saturated heterocycles. The molecule has 5 rings (SSSR count). The van der Waals surface area contributed by atoms with E-state index in [0.717, 1.165) is 43.5 Å². The third-order valence-electron chi connectivity index (χ3n) is 7.13. The van der Waals surface area contributed by atoms with E-state index in [2.05, 4.69) is 23.2 Å². The first kappa shape index (κ1) is 22.3. The molecule has 2 amide bonds. The molecule has 2 aliphatic rings. The topological polar surface area (TPSA) is 71.3 Å². The summed E-state index contributed by atoms with van der Waals surface area (Å²) < 4.78 is 0. The standard InChI is InChI=1S/C27H31N5O2/c1-19-9-12-25(32-28-13-14-29-32)23(16-19)27(34)31-18-21(11-10-20(31)2)17-26(33)30-15-5-7-22-6-3-4-8-24(22)30/h3-4,6,8-9,12-14,16,20-21H,5,7,10-11,15,17-18H2,1-2H3/t20-,21-/m0/s1. The largest absolute Gasteiger partial charge is 0.336 e. The van der Waals surface area contributed by atoms with Crippen LogP contribution in [0.3, 0.4) is 0 Å². The van der Waals surface area contributed by atoms with E-state index in [4.69, 9.17) is 0 Å². The molecule has 0 spiro atoms. The molecular formula is C27H31N5O2. The number of piperidine rings is 1. The van der Waals surface area contributed by atoms with E-state index < -0.39 is 0 Å². The van der Waals surface area contributed by atoms with Gasteiger partial charge in [-0.1, -0.05) is 29.8 Å². The normalized spacial score (nSPS) is 20.2. The minimum absolute atomic E-state index is 0.0241. The number of carbonyl (C=O) groups excluding carboxylic acids is 2. The highest BCUT2D eigenvalue weighted by Crippen LogP contribution is 2.31. The van der Waals surface area contributed by atoms with E-state index in [0.29, 0.717) is 24.2 Å². The van der Waals surface area contributed by atoms with Crippen molar-refractivity contribution < 1.29 is 9.59 Å². The number of aromatic nitrogens is 3. The number of rotatable bonds is 4. The predicted octanol–water partition coefficient (Wildman–Crippen LogP) is 4.19. The van der Waals surface area contributed by atoms with Crippen LogP contribution < -0.4 is 4.90 Å². The molecule has 2 aromatic carbocycles. The number of hydrogen-bond acceptors (Lipinski definition) is 4. The Bertz CT molecular complexity index is 1190. The highest BCUT2D eigenvalue weighted by Gasteiger charge is 2.33. The summed E-state index contributed by atoms with van der Waals surface area (Å²) in [4.78, 5) is 32.4. The lowest BCUT2D eigenvalue weighted by Gasteiger charge is -2.39. The molecule has 1 fully saturated rings. The summed E-state index contributed by atoms with van der Waals surface area (Å²) in [5, 5.41) is 8.47. The summed E-state index contributed by atoms with van der Waals surface area (Å²) in [6.45, 7) is 5.43. The summed E-state index contributed by atoms with van der Waals surface area (Å²) in [6, 6.07) is 14.1. The highest BCUT2D eigenvalue weighted by molar-refractivity contribution is 5.98. The monoisotopic (exact) mass is 457 g/mol. The van der Waals surface area contributed by atoms with Crippen LogP contribution in [0, 0.1) is 12.8 Å². The second kappa shape index (κ2) is 9.41. The van der Waals surface area contributed by atoms with Crippen molar-refractivity contribution in [2.45, 2.75) is 52.0 Å². The number of anilines is 1. The van der Waals surface area contributed by atoms with Crippen molar-refractivity contribution in [3.8, 4) is 5.69 Å². The average molecular weight is 458 g/mol. The van der Waals surface area contributed by atoms with Crippen molar-refractivity contribution in [3.05, 3.63) is 71.5 Å². The van der Waals surface area contributed by atoms with Gasteiger partial charge in [0.15, 0.2) is 0 Å². The first-order chi connectivity index (χ1) is 16.5. The van der Waals surface area contributed by atoms with Crippen LogP contribution in [0.15, 0.2) is 54.9 Å². The summed E-state index contributed by atoms with van der Waals surface area (Å²) in [6.07, 6.45) is 7.54. The van der Waals surface area contributed by atoms with Crippen molar-refractivity contribution in [1.82, 2.24) is 19.9 Å². The molecule has 0 unspecified atom stereocenters. The molecular weight excluding hydrogens is 426 g/mol.